The van der Waals surface area contributed by atoms with Gasteiger partial charge in [0.25, 0.3) is 0 Å². The zero-order chi connectivity index (χ0) is 26.3. The number of hydrogen-bond donors (Lipinski definition) is 1. The molecule has 1 heterocycles. The van der Waals surface area contributed by atoms with Gasteiger partial charge in [0.1, 0.15) is 5.75 Å². The third-order valence-corrected chi connectivity index (χ3v) is 7.81. The zero-order valence-electron chi connectivity index (χ0n) is 22.6. The Morgan fingerprint density at radius 2 is 1.73 bits per heavy atom. The molecule has 0 atom stereocenters. The molecule has 1 N–H and O–H groups in total. The smallest absolute Gasteiger partial charge is 0.228 e. The molecule has 0 saturated carbocycles. The lowest BCUT2D eigenvalue weighted by atomic mass is 10.1. The summed E-state index contributed by atoms with van der Waals surface area (Å²) in [5.74, 6) is 1.62. The molecule has 0 bridgehead atoms. The van der Waals surface area contributed by atoms with Gasteiger partial charge in [-0.2, -0.15) is 0 Å². The number of halogens is 1. The molecular weight excluding hydrogens is 500 g/mol. The fourth-order valence-corrected chi connectivity index (χ4v) is 5.47. The molecule has 4 nitrogen and oxygen atoms in total. The first-order chi connectivity index (χ1) is 18.0. The number of nitrogens with zero attached hydrogens (tertiary/aromatic N) is 1. The number of allylic oxidation sites excluding steroid dienone is 1. The number of hydrogen-bond acceptors (Lipinski definition) is 4. The molecule has 1 amide bonds. The quantitative estimate of drug-likeness (QED) is 0.202. The highest BCUT2D eigenvalue weighted by atomic mass is 35.5. The average Bonchev–Trinajstić information content (AvgIpc) is 3.28. The van der Waals surface area contributed by atoms with E-state index in [0.29, 0.717) is 17.4 Å². The zero-order valence-corrected chi connectivity index (χ0v) is 24.1. The second kappa shape index (κ2) is 16.7. The van der Waals surface area contributed by atoms with Crippen molar-refractivity contribution in [1.29, 1.82) is 0 Å². The first kappa shape index (κ1) is 29.4. The van der Waals surface area contributed by atoms with Gasteiger partial charge in [-0.3, -0.25) is 4.79 Å². The lowest BCUT2D eigenvalue weighted by Gasteiger charge is -2.15. The minimum Gasteiger partial charge on any atom is -0.493 e. The van der Waals surface area contributed by atoms with Gasteiger partial charge in [0.2, 0.25) is 5.91 Å². The Kier molecular flexibility index (Phi) is 13.3. The normalized spacial score (nSPS) is 13.1. The highest BCUT2D eigenvalue weighted by molar-refractivity contribution is 8.03. The summed E-state index contributed by atoms with van der Waals surface area (Å²) < 4.78 is 6.07. The van der Waals surface area contributed by atoms with Gasteiger partial charge in [-0.05, 0) is 48.1 Å². The van der Waals surface area contributed by atoms with Crippen molar-refractivity contribution in [2.75, 3.05) is 17.8 Å². The molecule has 2 aromatic carbocycles. The van der Waals surface area contributed by atoms with Gasteiger partial charge < -0.3 is 15.0 Å². The Morgan fingerprint density at radius 3 is 2.43 bits per heavy atom. The second-order valence-corrected chi connectivity index (χ2v) is 11.6. The molecule has 37 heavy (non-hydrogen) atoms. The topological polar surface area (TPSA) is 41.6 Å². The number of carbonyl (C=O) groups excluding carboxylic acids is 1. The number of carbonyl (C=O) groups is 1. The number of benzene rings is 2. The van der Waals surface area contributed by atoms with E-state index in [2.05, 4.69) is 42.4 Å². The maximum atomic E-state index is 12.9. The van der Waals surface area contributed by atoms with Crippen molar-refractivity contribution in [2.45, 2.75) is 91.0 Å². The third-order valence-electron chi connectivity index (χ3n) is 6.55. The highest BCUT2D eigenvalue weighted by Crippen LogP contribution is 2.27. The summed E-state index contributed by atoms with van der Waals surface area (Å²) in [4.78, 5) is 16.5. The van der Waals surface area contributed by atoms with Crippen LogP contribution >= 0.6 is 23.4 Å². The van der Waals surface area contributed by atoms with Gasteiger partial charge in [-0.25, -0.2) is 0 Å². The van der Waals surface area contributed by atoms with Crippen LogP contribution in [-0.4, -0.2) is 23.3 Å². The lowest BCUT2D eigenvalue weighted by molar-refractivity contribution is -0.115. The van der Waals surface area contributed by atoms with Crippen LogP contribution in [0, 0.1) is 0 Å². The van der Waals surface area contributed by atoms with Gasteiger partial charge >= 0.3 is 0 Å². The molecule has 1 aliphatic heterocycles. The molecule has 0 aromatic heterocycles. The molecule has 2 aromatic rings. The minimum atomic E-state index is -0.0595. The van der Waals surface area contributed by atoms with E-state index in [1.165, 1.54) is 68.3 Å². The minimum absolute atomic E-state index is 0.0595. The highest BCUT2D eigenvalue weighted by Gasteiger charge is 2.13. The van der Waals surface area contributed by atoms with Crippen LogP contribution in [0.25, 0.3) is 0 Å². The lowest BCUT2D eigenvalue weighted by Crippen LogP contribution is -2.16. The van der Waals surface area contributed by atoms with E-state index < -0.39 is 0 Å². The SMILES string of the molecule is CCCCCCCCCCCCOc1cc(Cl)ccc1CC(=O)Nc1cccc(CN2C=C(C)SC2)c1. The number of unbranched alkanes of at least 4 members (excludes halogenated alkanes) is 9. The monoisotopic (exact) mass is 542 g/mol. The number of anilines is 1. The summed E-state index contributed by atoms with van der Waals surface area (Å²) >= 11 is 8.08. The van der Waals surface area contributed by atoms with Crippen molar-refractivity contribution in [3.05, 3.63) is 69.7 Å². The molecule has 0 unspecified atom stereocenters. The van der Waals surface area contributed by atoms with Gasteiger partial charge in [0, 0.05) is 29.0 Å². The average molecular weight is 543 g/mol. The van der Waals surface area contributed by atoms with Crippen molar-refractivity contribution in [3.63, 3.8) is 0 Å². The van der Waals surface area contributed by atoms with Crippen molar-refractivity contribution >= 4 is 35.0 Å². The Hall–Kier alpha value is -2.11. The maximum Gasteiger partial charge on any atom is 0.228 e. The van der Waals surface area contributed by atoms with Crippen LogP contribution in [-0.2, 0) is 17.8 Å². The summed E-state index contributed by atoms with van der Waals surface area (Å²) in [6.45, 7) is 5.88. The van der Waals surface area contributed by atoms with Crippen molar-refractivity contribution < 1.29 is 9.53 Å². The van der Waals surface area contributed by atoms with E-state index in [4.69, 9.17) is 16.3 Å². The molecule has 0 aliphatic carbocycles. The number of rotatable bonds is 17. The van der Waals surface area contributed by atoms with Crippen molar-refractivity contribution in [3.8, 4) is 5.75 Å². The van der Waals surface area contributed by atoms with E-state index in [1.807, 2.05) is 42.1 Å². The summed E-state index contributed by atoms with van der Waals surface area (Å²) in [5.41, 5.74) is 2.85. The van der Waals surface area contributed by atoms with E-state index in [9.17, 15) is 4.79 Å². The van der Waals surface area contributed by atoms with Crippen LogP contribution in [0.1, 0.15) is 89.2 Å². The summed E-state index contributed by atoms with van der Waals surface area (Å²) in [5, 5.41) is 3.68. The van der Waals surface area contributed by atoms with E-state index >= 15 is 0 Å². The Bertz CT molecular complexity index is 1010. The van der Waals surface area contributed by atoms with Crippen molar-refractivity contribution in [2.24, 2.45) is 0 Å². The third kappa shape index (κ3) is 11.4. The molecule has 202 valence electrons. The van der Waals surface area contributed by atoms with E-state index in [0.717, 1.165) is 30.1 Å². The van der Waals surface area contributed by atoms with Gasteiger partial charge in [-0.15, -0.1) is 11.8 Å². The van der Waals surface area contributed by atoms with Crippen LogP contribution < -0.4 is 10.1 Å². The van der Waals surface area contributed by atoms with Crippen LogP contribution in [0.5, 0.6) is 5.75 Å². The van der Waals surface area contributed by atoms with Gasteiger partial charge in [0.05, 0.1) is 18.9 Å². The number of amides is 1. The van der Waals surface area contributed by atoms with Gasteiger partial charge in [-0.1, -0.05) is 94.5 Å². The fourth-order valence-electron chi connectivity index (χ4n) is 4.55. The molecule has 1 aliphatic rings. The Morgan fingerprint density at radius 1 is 1.00 bits per heavy atom. The first-order valence-electron chi connectivity index (χ1n) is 13.9. The number of nitrogens with one attached hydrogen (secondary N) is 1. The number of ether oxygens (including phenoxy) is 1. The first-order valence-corrected chi connectivity index (χ1v) is 15.2. The molecule has 0 fully saturated rings. The van der Waals surface area contributed by atoms with E-state index in [-0.39, 0.29) is 12.3 Å². The molecule has 0 spiro atoms. The molecule has 0 radical (unpaired) electrons. The summed E-state index contributed by atoms with van der Waals surface area (Å²) in [7, 11) is 0. The standard InChI is InChI=1S/C31H43ClN2O2S/c1-3-4-5-6-7-8-9-10-11-12-18-36-30-21-28(32)17-16-27(30)20-31(35)33-29-15-13-14-26(19-29)23-34-22-25(2)37-24-34/h13-17,19,21-22H,3-12,18,20,23-24H2,1-2H3,(H,33,35). The summed E-state index contributed by atoms with van der Waals surface area (Å²) in [6, 6.07) is 13.6. The molecule has 3 rings (SSSR count). The maximum absolute atomic E-state index is 12.9. The van der Waals surface area contributed by atoms with Crippen LogP contribution in [0.2, 0.25) is 5.02 Å². The second-order valence-electron chi connectivity index (χ2n) is 9.97. The largest absolute Gasteiger partial charge is 0.493 e. The Balaban J connectivity index is 1.41. The predicted molar refractivity (Wildman–Crippen MR) is 159 cm³/mol. The van der Waals surface area contributed by atoms with Crippen LogP contribution in [0.15, 0.2) is 53.6 Å². The van der Waals surface area contributed by atoms with E-state index in [1.54, 1.807) is 0 Å². The fraction of sp³-hybridized carbons (Fsp3) is 0.516. The van der Waals surface area contributed by atoms with Crippen molar-refractivity contribution in [1.82, 2.24) is 4.90 Å². The van der Waals surface area contributed by atoms with Gasteiger partial charge in [0.15, 0.2) is 0 Å². The number of thioether (sulfide) groups is 1. The molecule has 0 saturated heterocycles. The molecular formula is C31H43ClN2O2S. The van der Waals surface area contributed by atoms with Crippen LogP contribution in [0.3, 0.4) is 0 Å². The van der Waals surface area contributed by atoms with Crippen LogP contribution in [0.4, 0.5) is 5.69 Å². The predicted octanol–water partition coefficient (Wildman–Crippen LogP) is 9.19. The Labute approximate surface area is 233 Å². The summed E-state index contributed by atoms with van der Waals surface area (Å²) in [6.07, 6.45) is 15.3. The molecule has 6 heteroatoms.